The number of hydrogen-bond donors (Lipinski definition) is 1. The molecule has 3 nitrogen and oxygen atoms in total. The molecule has 0 amide bonds. The van der Waals surface area contributed by atoms with Gasteiger partial charge in [-0.15, -0.1) is 0 Å². The summed E-state index contributed by atoms with van der Waals surface area (Å²) in [6.45, 7) is 0. The zero-order chi connectivity index (χ0) is 13.9. The third kappa shape index (κ3) is 3.67. The van der Waals surface area contributed by atoms with E-state index in [1.54, 1.807) is 12.4 Å². The van der Waals surface area contributed by atoms with Crippen molar-refractivity contribution in [1.82, 2.24) is 9.97 Å². The number of H-pyrrole nitrogens is 1. The summed E-state index contributed by atoms with van der Waals surface area (Å²) in [5.74, 6) is 0.451. The largest absolute Gasteiger partial charge is 0.416 e. The van der Waals surface area contributed by atoms with Crippen molar-refractivity contribution in [1.29, 1.82) is 0 Å². The number of imidazole rings is 1. The van der Waals surface area contributed by atoms with Crippen molar-refractivity contribution in [2.75, 3.05) is 0 Å². The van der Waals surface area contributed by atoms with Gasteiger partial charge in [0.2, 0.25) is 0 Å². The first-order valence-corrected chi connectivity index (χ1v) is 5.61. The summed E-state index contributed by atoms with van der Waals surface area (Å²) in [6.07, 6.45) is -0.953. The number of hydrogen-bond acceptors (Lipinski definition) is 2. The van der Waals surface area contributed by atoms with Crippen LogP contribution in [-0.2, 0) is 23.8 Å². The first-order valence-electron chi connectivity index (χ1n) is 5.61. The molecular formula is C13H11F3N2O. The summed E-state index contributed by atoms with van der Waals surface area (Å²) in [6, 6.07) is 4.61. The molecule has 1 heterocycles. The standard InChI is InChI=1S/C13H11F3N2O/c14-13(15,16)10-3-1-9(2-4-10)7-11(19)8-12-17-5-6-18-12/h1-6H,7-8H2,(H,17,18). The number of nitrogens with one attached hydrogen (secondary N) is 1. The molecule has 0 saturated heterocycles. The Kier molecular flexibility index (Phi) is 3.69. The van der Waals surface area contributed by atoms with Gasteiger partial charge in [-0.3, -0.25) is 4.79 Å². The van der Waals surface area contributed by atoms with E-state index in [1.165, 1.54) is 12.1 Å². The third-order valence-corrected chi connectivity index (χ3v) is 2.60. The number of rotatable bonds is 4. The van der Waals surface area contributed by atoms with Crippen molar-refractivity contribution >= 4 is 5.78 Å². The second-order valence-electron chi connectivity index (χ2n) is 4.12. The lowest BCUT2D eigenvalue weighted by molar-refractivity contribution is -0.137. The van der Waals surface area contributed by atoms with Gasteiger partial charge >= 0.3 is 6.18 Å². The van der Waals surface area contributed by atoms with Crippen molar-refractivity contribution in [3.8, 4) is 0 Å². The van der Waals surface area contributed by atoms with Crippen molar-refractivity contribution < 1.29 is 18.0 Å². The van der Waals surface area contributed by atoms with Crippen LogP contribution in [0.2, 0.25) is 0 Å². The van der Waals surface area contributed by atoms with Crippen LogP contribution in [0.4, 0.5) is 13.2 Å². The minimum atomic E-state index is -4.35. The second-order valence-corrected chi connectivity index (χ2v) is 4.12. The van der Waals surface area contributed by atoms with E-state index in [-0.39, 0.29) is 18.6 Å². The Morgan fingerprint density at radius 2 is 1.84 bits per heavy atom. The predicted molar refractivity (Wildman–Crippen MR) is 62.4 cm³/mol. The molecular weight excluding hydrogens is 257 g/mol. The molecule has 2 rings (SSSR count). The topological polar surface area (TPSA) is 45.8 Å². The first-order chi connectivity index (χ1) is 8.95. The van der Waals surface area contributed by atoms with Gasteiger partial charge in [-0.1, -0.05) is 12.1 Å². The van der Waals surface area contributed by atoms with Crippen LogP contribution in [0.3, 0.4) is 0 Å². The average Bonchev–Trinajstić information content (AvgIpc) is 2.81. The summed E-state index contributed by atoms with van der Waals surface area (Å²) in [5.41, 5.74) is -0.153. The van der Waals surface area contributed by atoms with Gasteiger partial charge in [0, 0.05) is 18.8 Å². The second kappa shape index (κ2) is 5.26. The summed E-state index contributed by atoms with van der Waals surface area (Å²) in [7, 11) is 0. The molecule has 1 aromatic carbocycles. The number of benzene rings is 1. The van der Waals surface area contributed by atoms with Gasteiger partial charge in [-0.05, 0) is 17.7 Å². The average molecular weight is 268 g/mol. The SMILES string of the molecule is O=C(Cc1ccc(C(F)(F)F)cc1)Cc1ncc[nH]1. The molecule has 0 radical (unpaired) electrons. The smallest absolute Gasteiger partial charge is 0.348 e. The molecule has 1 N–H and O–H groups in total. The van der Waals surface area contributed by atoms with Crippen LogP contribution in [0.5, 0.6) is 0 Å². The van der Waals surface area contributed by atoms with Crippen LogP contribution >= 0.6 is 0 Å². The maximum Gasteiger partial charge on any atom is 0.416 e. The van der Waals surface area contributed by atoms with Crippen LogP contribution in [-0.4, -0.2) is 15.8 Å². The van der Waals surface area contributed by atoms with E-state index in [2.05, 4.69) is 9.97 Å². The lowest BCUT2D eigenvalue weighted by atomic mass is 10.0. The molecule has 1 aromatic heterocycles. The van der Waals surface area contributed by atoms with E-state index in [4.69, 9.17) is 0 Å². The van der Waals surface area contributed by atoms with E-state index in [0.29, 0.717) is 11.4 Å². The molecule has 0 unspecified atom stereocenters. The van der Waals surface area contributed by atoms with E-state index in [9.17, 15) is 18.0 Å². The van der Waals surface area contributed by atoms with Crippen LogP contribution in [0, 0.1) is 0 Å². The van der Waals surface area contributed by atoms with E-state index in [0.717, 1.165) is 12.1 Å². The highest BCUT2D eigenvalue weighted by molar-refractivity contribution is 5.82. The molecule has 0 aliphatic heterocycles. The van der Waals surface area contributed by atoms with Gasteiger partial charge in [-0.2, -0.15) is 13.2 Å². The monoisotopic (exact) mass is 268 g/mol. The maximum atomic E-state index is 12.4. The Morgan fingerprint density at radius 1 is 1.16 bits per heavy atom. The van der Waals surface area contributed by atoms with E-state index >= 15 is 0 Å². The molecule has 6 heteroatoms. The molecule has 19 heavy (non-hydrogen) atoms. The molecule has 0 bridgehead atoms. The highest BCUT2D eigenvalue weighted by Crippen LogP contribution is 2.29. The normalized spacial score (nSPS) is 11.5. The predicted octanol–water partition coefficient (Wildman–Crippen LogP) is 2.78. The quantitative estimate of drug-likeness (QED) is 0.926. The van der Waals surface area contributed by atoms with Gasteiger partial charge in [0.05, 0.1) is 12.0 Å². The number of carbonyl (C=O) groups is 1. The van der Waals surface area contributed by atoms with Crippen LogP contribution in [0.25, 0.3) is 0 Å². The third-order valence-electron chi connectivity index (χ3n) is 2.60. The van der Waals surface area contributed by atoms with Crippen molar-refractivity contribution in [2.24, 2.45) is 0 Å². The highest BCUT2D eigenvalue weighted by atomic mass is 19.4. The van der Waals surface area contributed by atoms with Gasteiger partial charge in [0.1, 0.15) is 11.6 Å². The number of halogens is 3. The Balaban J connectivity index is 1.98. The number of ketones is 1. The first kappa shape index (κ1) is 13.3. The Labute approximate surface area is 107 Å². The Hall–Kier alpha value is -2.11. The summed E-state index contributed by atoms with van der Waals surface area (Å²) in [4.78, 5) is 18.4. The van der Waals surface area contributed by atoms with Gasteiger partial charge in [0.15, 0.2) is 0 Å². The van der Waals surface area contributed by atoms with Gasteiger partial charge < -0.3 is 4.98 Å². The van der Waals surface area contributed by atoms with Gasteiger partial charge in [0.25, 0.3) is 0 Å². The van der Waals surface area contributed by atoms with Crippen molar-refractivity contribution in [3.63, 3.8) is 0 Å². The fraction of sp³-hybridized carbons (Fsp3) is 0.231. The number of alkyl halides is 3. The van der Waals surface area contributed by atoms with Crippen LogP contribution in [0.1, 0.15) is 17.0 Å². The molecule has 0 aliphatic rings. The molecule has 0 aliphatic carbocycles. The van der Waals surface area contributed by atoms with Crippen molar-refractivity contribution in [3.05, 3.63) is 53.6 Å². The Bertz CT molecular complexity index is 544. The molecule has 0 fully saturated rings. The number of aromatic amines is 1. The molecule has 0 atom stereocenters. The van der Waals surface area contributed by atoms with Gasteiger partial charge in [-0.25, -0.2) is 4.98 Å². The molecule has 2 aromatic rings. The zero-order valence-electron chi connectivity index (χ0n) is 9.87. The lowest BCUT2D eigenvalue weighted by Gasteiger charge is -2.07. The fourth-order valence-electron chi connectivity index (χ4n) is 1.68. The fourth-order valence-corrected chi connectivity index (χ4v) is 1.68. The lowest BCUT2D eigenvalue weighted by Crippen LogP contribution is -2.09. The maximum absolute atomic E-state index is 12.4. The Morgan fingerprint density at radius 3 is 2.37 bits per heavy atom. The number of Topliss-reactive ketones (excluding diaryl/α,β-unsaturated/α-hetero) is 1. The van der Waals surface area contributed by atoms with Crippen molar-refractivity contribution in [2.45, 2.75) is 19.0 Å². The van der Waals surface area contributed by atoms with Crippen LogP contribution < -0.4 is 0 Å². The highest BCUT2D eigenvalue weighted by Gasteiger charge is 2.29. The van der Waals surface area contributed by atoms with E-state index in [1.807, 2.05) is 0 Å². The molecule has 0 saturated carbocycles. The molecule has 100 valence electrons. The minimum Gasteiger partial charge on any atom is -0.348 e. The number of carbonyl (C=O) groups excluding carboxylic acids is 1. The number of nitrogens with zero attached hydrogens (tertiary/aromatic N) is 1. The summed E-state index contributed by atoms with van der Waals surface area (Å²) in [5, 5.41) is 0. The minimum absolute atomic E-state index is 0.0961. The summed E-state index contributed by atoms with van der Waals surface area (Å²) >= 11 is 0. The molecule has 0 spiro atoms. The van der Waals surface area contributed by atoms with E-state index < -0.39 is 11.7 Å². The summed E-state index contributed by atoms with van der Waals surface area (Å²) < 4.78 is 37.1. The zero-order valence-corrected chi connectivity index (χ0v) is 9.87. The number of aromatic nitrogens is 2. The van der Waals surface area contributed by atoms with Crippen LogP contribution in [0.15, 0.2) is 36.7 Å².